The highest BCUT2D eigenvalue weighted by Crippen LogP contribution is 2.47. The van der Waals surface area contributed by atoms with Crippen molar-refractivity contribution in [2.24, 2.45) is 0 Å². The molecule has 2 nitrogen and oxygen atoms in total. The van der Waals surface area contributed by atoms with Gasteiger partial charge in [-0.05, 0) is 26.0 Å². The molecule has 104 valence electrons. The average Bonchev–Trinajstić information content (AvgIpc) is 3.04. The van der Waals surface area contributed by atoms with Crippen LogP contribution < -0.4 is 10.6 Å². The molecule has 0 spiro atoms. The summed E-state index contributed by atoms with van der Waals surface area (Å²) < 4.78 is 2.81. The van der Waals surface area contributed by atoms with Crippen molar-refractivity contribution in [1.82, 2.24) is 0 Å². The molecule has 0 aliphatic carbocycles. The van der Waals surface area contributed by atoms with E-state index >= 15 is 0 Å². The average molecular weight is 302 g/mol. The fraction of sp³-hybridized carbons (Fsp3) is 0.250. The minimum Gasteiger partial charge on any atom is -0.358 e. The van der Waals surface area contributed by atoms with E-state index in [2.05, 4.69) is 36.6 Å². The maximum atomic E-state index is 3.39. The summed E-state index contributed by atoms with van der Waals surface area (Å²) in [6.07, 6.45) is 3.92. The summed E-state index contributed by atoms with van der Waals surface area (Å²) in [7, 11) is 0. The first kappa shape index (κ1) is 13.5. The van der Waals surface area contributed by atoms with Crippen LogP contribution in [0, 0.1) is 13.8 Å². The molecule has 2 N–H and O–H groups in total. The van der Waals surface area contributed by atoms with E-state index in [1.807, 2.05) is 48.9 Å². The van der Waals surface area contributed by atoms with Gasteiger partial charge in [-0.2, -0.15) is 0 Å². The van der Waals surface area contributed by atoms with Gasteiger partial charge in [-0.1, -0.05) is 13.8 Å². The molecule has 1 aromatic carbocycles. The number of benzene rings is 1. The smallest absolute Gasteiger partial charge is 0.0714 e. The molecular weight excluding hydrogens is 284 g/mol. The van der Waals surface area contributed by atoms with Crippen molar-refractivity contribution in [3.63, 3.8) is 0 Å². The van der Waals surface area contributed by atoms with Gasteiger partial charge in [0, 0.05) is 32.9 Å². The molecule has 4 rings (SSSR count). The molecule has 20 heavy (non-hydrogen) atoms. The molecule has 3 heterocycles. The number of aryl methyl sites for hydroxylation is 2. The van der Waals surface area contributed by atoms with Crippen LogP contribution in [0.4, 0.5) is 11.4 Å². The lowest BCUT2D eigenvalue weighted by Crippen LogP contribution is -2.02. The summed E-state index contributed by atoms with van der Waals surface area (Å²) >= 11 is 3.77. The summed E-state index contributed by atoms with van der Waals surface area (Å²) in [5, 5.41) is 9.44. The highest BCUT2D eigenvalue weighted by atomic mass is 32.1. The number of hydrogen-bond acceptors (Lipinski definition) is 4. The molecule has 0 atom stereocenters. The Balaban J connectivity index is 0.000000581. The Morgan fingerprint density at radius 3 is 1.55 bits per heavy atom. The molecule has 2 aromatic heterocycles. The first-order valence-electron chi connectivity index (χ1n) is 6.88. The zero-order chi connectivity index (χ0) is 14.3. The third-order valence-electron chi connectivity index (χ3n) is 3.24. The summed E-state index contributed by atoms with van der Waals surface area (Å²) in [6, 6.07) is 4.56. The molecule has 3 aromatic rings. The number of fused-ring (bicyclic) bond motifs is 6. The summed E-state index contributed by atoms with van der Waals surface area (Å²) in [5.41, 5.74) is 2.42. The van der Waals surface area contributed by atoms with Crippen LogP contribution in [0.25, 0.3) is 20.2 Å². The number of hydrogen-bond donors (Lipinski definition) is 2. The Kier molecular flexibility index (Phi) is 3.44. The van der Waals surface area contributed by atoms with Gasteiger partial charge in [-0.25, -0.2) is 0 Å². The van der Waals surface area contributed by atoms with Gasteiger partial charge in [0.05, 0.1) is 20.8 Å². The SMILES string of the molecule is CC.Cc1cc2c3c(c4cc(C)sc4c2s1)NC=CN3. The van der Waals surface area contributed by atoms with Gasteiger partial charge < -0.3 is 10.6 Å². The van der Waals surface area contributed by atoms with Gasteiger partial charge in [0.15, 0.2) is 0 Å². The molecule has 0 fully saturated rings. The van der Waals surface area contributed by atoms with Gasteiger partial charge in [0.1, 0.15) is 0 Å². The lowest BCUT2D eigenvalue weighted by molar-refractivity contribution is 1.50. The van der Waals surface area contributed by atoms with Crippen molar-refractivity contribution in [3.8, 4) is 0 Å². The van der Waals surface area contributed by atoms with Crippen molar-refractivity contribution in [1.29, 1.82) is 0 Å². The van der Waals surface area contributed by atoms with Crippen molar-refractivity contribution >= 4 is 54.2 Å². The normalized spacial score (nSPS) is 12.6. The fourth-order valence-electron chi connectivity index (χ4n) is 2.56. The summed E-state index contributed by atoms with van der Waals surface area (Å²) in [5.74, 6) is 0. The molecule has 1 aliphatic heterocycles. The van der Waals surface area contributed by atoms with E-state index in [0.717, 1.165) is 0 Å². The third kappa shape index (κ3) is 1.91. The Morgan fingerprint density at radius 1 is 0.750 bits per heavy atom. The fourth-order valence-corrected chi connectivity index (χ4v) is 4.75. The number of thiophene rings is 2. The van der Waals surface area contributed by atoms with E-state index < -0.39 is 0 Å². The monoisotopic (exact) mass is 302 g/mol. The topological polar surface area (TPSA) is 24.1 Å². The maximum Gasteiger partial charge on any atom is 0.0714 e. The van der Waals surface area contributed by atoms with Crippen molar-refractivity contribution < 1.29 is 0 Å². The second-order valence-electron chi connectivity index (χ2n) is 4.57. The van der Waals surface area contributed by atoms with Crippen molar-refractivity contribution in [2.75, 3.05) is 10.6 Å². The number of anilines is 2. The first-order valence-corrected chi connectivity index (χ1v) is 8.51. The van der Waals surface area contributed by atoms with Crippen LogP contribution in [-0.2, 0) is 0 Å². The van der Waals surface area contributed by atoms with Crippen molar-refractivity contribution in [3.05, 3.63) is 34.3 Å². The Labute approximate surface area is 127 Å². The molecule has 0 saturated heterocycles. The zero-order valence-corrected chi connectivity index (χ0v) is 13.8. The molecule has 1 aliphatic rings. The van der Waals surface area contributed by atoms with Gasteiger partial charge in [-0.3, -0.25) is 0 Å². The largest absolute Gasteiger partial charge is 0.358 e. The van der Waals surface area contributed by atoms with Crippen LogP contribution in [0.5, 0.6) is 0 Å². The Morgan fingerprint density at radius 2 is 1.15 bits per heavy atom. The number of rotatable bonds is 0. The van der Waals surface area contributed by atoms with E-state index in [0.29, 0.717) is 0 Å². The van der Waals surface area contributed by atoms with Gasteiger partial charge in [-0.15, -0.1) is 22.7 Å². The second kappa shape index (κ2) is 5.11. The second-order valence-corrected chi connectivity index (χ2v) is 7.08. The highest BCUT2D eigenvalue weighted by Gasteiger charge is 2.18. The third-order valence-corrected chi connectivity index (χ3v) is 5.51. The van der Waals surface area contributed by atoms with Crippen LogP contribution in [-0.4, -0.2) is 0 Å². The minimum absolute atomic E-state index is 1.21. The predicted molar refractivity (Wildman–Crippen MR) is 94.4 cm³/mol. The molecule has 0 amide bonds. The van der Waals surface area contributed by atoms with E-state index in [1.54, 1.807) is 0 Å². The Bertz CT molecular complexity index is 741. The van der Waals surface area contributed by atoms with E-state index in [9.17, 15) is 0 Å². The Hall–Kier alpha value is -1.52. The standard InChI is InChI=1S/C14H12N2S2.C2H6/c1-7-5-9-11-12(16-4-3-15-11)10-6-8(2)18-14(10)13(9)17-7;1-2/h3-6,15-16H,1-2H3;1-2H3. The molecule has 0 bridgehead atoms. The van der Waals surface area contributed by atoms with Crippen LogP contribution >= 0.6 is 22.7 Å². The lowest BCUT2D eigenvalue weighted by Gasteiger charge is -2.16. The van der Waals surface area contributed by atoms with Crippen LogP contribution in [0.3, 0.4) is 0 Å². The summed E-state index contributed by atoms with van der Waals surface area (Å²) in [6.45, 7) is 8.35. The molecular formula is C16H18N2S2. The zero-order valence-electron chi connectivity index (χ0n) is 12.1. The predicted octanol–water partition coefficient (Wildman–Crippen LogP) is 6.07. The van der Waals surface area contributed by atoms with Gasteiger partial charge in [0.25, 0.3) is 0 Å². The lowest BCUT2D eigenvalue weighted by atomic mass is 10.1. The van der Waals surface area contributed by atoms with Crippen LogP contribution in [0.15, 0.2) is 24.5 Å². The molecule has 0 unspecified atom stereocenters. The first-order chi connectivity index (χ1) is 9.74. The van der Waals surface area contributed by atoms with Gasteiger partial charge in [0.2, 0.25) is 0 Å². The maximum absolute atomic E-state index is 3.39. The molecule has 0 radical (unpaired) electrons. The minimum atomic E-state index is 1.21. The summed E-state index contributed by atoms with van der Waals surface area (Å²) in [4.78, 5) is 2.73. The number of nitrogens with one attached hydrogen (secondary N) is 2. The van der Waals surface area contributed by atoms with E-state index in [4.69, 9.17) is 0 Å². The van der Waals surface area contributed by atoms with E-state index in [1.165, 1.54) is 41.3 Å². The quantitative estimate of drug-likeness (QED) is 0.527. The van der Waals surface area contributed by atoms with Crippen molar-refractivity contribution in [2.45, 2.75) is 27.7 Å². The van der Waals surface area contributed by atoms with Crippen LogP contribution in [0.2, 0.25) is 0 Å². The van der Waals surface area contributed by atoms with Crippen LogP contribution in [0.1, 0.15) is 23.6 Å². The highest BCUT2D eigenvalue weighted by molar-refractivity contribution is 7.27. The molecule has 0 saturated carbocycles. The van der Waals surface area contributed by atoms with E-state index in [-0.39, 0.29) is 0 Å². The van der Waals surface area contributed by atoms with Gasteiger partial charge >= 0.3 is 0 Å². The molecule has 4 heteroatoms.